The van der Waals surface area contributed by atoms with Gasteiger partial charge in [-0.25, -0.2) is 0 Å². The first-order valence-electron chi connectivity index (χ1n) is 10.3. The zero-order valence-electron chi connectivity index (χ0n) is 18.1. The number of nitrogens with one attached hydrogen (secondary N) is 1. The lowest BCUT2D eigenvalue weighted by molar-refractivity contribution is -0.139. The standard InChI is InChI=1S/C22H29N3O6/c1-22(2)13-15(27)12-19(31-22)20(28)23-16(14-26)21(29)25-10-8-24(9-11-25)17-6-4-5-7-18(17)30-3/h4-7,12,16,26H,8-11,13-14H2,1-3H3,(H,23,28). The molecule has 0 aromatic heterocycles. The Hall–Kier alpha value is -3.07. The number of aliphatic hydroxyl groups excluding tert-OH is 1. The summed E-state index contributed by atoms with van der Waals surface area (Å²) >= 11 is 0. The van der Waals surface area contributed by atoms with Gasteiger partial charge in [0.05, 0.1) is 19.4 Å². The molecule has 1 aromatic rings. The van der Waals surface area contributed by atoms with Crippen molar-refractivity contribution in [3.8, 4) is 5.75 Å². The summed E-state index contributed by atoms with van der Waals surface area (Å²) in [5.74, 6) is -0.672. The minimum atomic E-state index is -1.12. The molecule has 3 rings (SSSR count). The number of allylic oxidation sites excluding steroid dienone is 1. The Morgan fingerprint density at radius 2 is 1.90 bits per heavy atom. The van der Waals surface area contributed by atoms with Crippen molar-refractivity contribution in [3.05, 3.63) is 36.1 Å². The summed E-state index contributed by atoms with van der Waals surface area (Å²) in [6, 6.07) is 6.57. The highest BCUT2D eigenvalue weighted by atomic mass is 16.5. The van der Waals surface area contributed by atoms with E-state index in [2.05, 4.69) is 10.2 Å². The maximum Gasteiger partial charge on any atom is 0.287 e. The van der Waals surface area contributed by atoms with Crippen LogP contribution < -0.4 is 15.0 Å². The molecule has 0 saturated carbocycles. The highest BCUT2D eigenvalue weighted by molar-refractivity contribution is 6.03. The average molecular weight is 431 g/mol. The van der Waals surface area contributed by atoms with Crippen molar-refractivity contribution in [2.75, 3.05) is 44.8 Å². The highest BCUT2D eigenvalue weighted by Gasteiger charge is 2.34. The molecule has 2 aliphatic rings. The first-order valence-corrected chi connectivity index (χ1v) is 10.3. The Balaban J connectivity index is 1.60. The monoisotopic (exact) mass is 431 g/mol. The van der Waals surface area contributed by atoms with Gasteiger partial charge in [-0.1, -0.05) is 12.1 Å². The number of ketones is 1. The summed E-state index contributed by atoms with van der Waals surface area (Å²) in [6.07, 6.45) is 1.30. The van der Waals surface area contributed by atoms with Crippen LogP contribution in [0.1, 0.15) is 20.3 Å². The van der Waals surface area contributed by atoms with Crippen LogP contribution in [0.4, 0.5) is 5.69 Å². The van der Waals surface area contributed by atoms with E-state index >= 15 is 0 Å². The number of anilines is 1. The van der Waals surface area contributed by atoms with Crippen LogP contribution in [-0.4, -0.2) is 79.1 Å². The van der Waals surface area contributed by atoms with Crippen LogP contribution in [0.5, 0.6) is 5.75 Å². The lowest BCUT2D eigenvalue weighted by atomic mass is 9.98. The van der Waals surface area contributed by atoms with E-state index in [1.165, 1.54) is 0 Å². The Morgan fingerprint density at radius 3 is 2.52 bits per heavy atom. The maximum absolute atomic E-state index is 12.9. The second-order valence-electron chi connectivity index (χ2n) is 8.21. The smallest absolute Gasteiger partial charge is 0.287 e. The number of carbonyl (C=O) groups excluding carboxylic acids is 3. The summed E-state index contributed by atoms with van der Waals surface area (Å²) in [7, 11) is 1.62. The third-order valence-corrected chi connectivity index (χ3v) is 5.31. The topological polar surface area (TPSA) is 108 Å². The van der Waals surface area contributed by atoms with Crippen molar-refractivity contribution in [2.45, 2.75) is 31.9 Å². The van der Waals surface area contributed by atoms with E-state index < -0.39 is 24.2 Å². The summed E-state index contributed by atoms with van der Waals surface area (Å²) in [5.41, 5.74) is 0.157. The van der Waals surface area contributed by atoms with E-state index in [0.717, 1.165) is 17.5 Å². The van der Waals surface area contributed by atoms with Crippen molar-refractivity contribution in [1.29, 1.82) is 0 Å². The Bertz CT molecular complexity index is 874. The largest absolute Gasteiger partial charge is 0.495 e. The normalized spacial score (nSPS) is 19.2. The van der Waals surface area contributed by atoms with Gasteiger partial charge in [0.2, 0.25) is 5.91 Å². The average Bonchev–Trinajstić information content (AvgIpc) is 2.75. The summed E-state index contributed by atoms with van der Waals surface area (Å²) in [5, 5.41) is 12.2. The van der Waals surface area contributed by atoms with Crippen LogP contribution in [0.2, 0.25) is 0 Å². The van der Waals surface area contributed by atoms with E-state index in [4.69, 9.17) is 9.47 Å². The Kier molecular flexibility index (Phi) is 6.84. The Morgan fingerprint density at radius 1 is 1.23 bits per heavy atom. The number of para-hydroxylation sites is 2. The molecule has 31 heavy (non-hydrogen) atoms. The Labute approximate surface area is 181 Å². The van der Waals surface area contributed by atoms with Gasteiger partial charge in [-0.15, -0.1) is 0 Å². The lowest BCUT2D eigenvalue weighted by Crippen LogP contribution is -2.56. The minimum absolute atomic E-state index is 0.145. The second-order valence-corrected chi connectivity index (χ2v) is 8.21. The molecule has 2 aliphatic heterocycles. The lowest BCUT2D eigenvalue weighted by Gasteiger charge is -2.38. The molecular weight excluding hydrogens is 402 g/mol. The molecule has 0 spiro atoms. The van der Waals surface area contributed by atoms with Crippen LogP contribution in [0.15, 0.2) is 36.1 Å². The maximum atomic E-state index is 12.9. The summed E-state index contributed by atoms with van der Waals surface area (Å²) < 4.78 is 11.0. The molecule has 2 heterocycles. The van der Waals surface area contributed by atoms with Crippen molar-refractivity contribution in [3.63, 3.8) is 0 Å². The zero-order chi connectivity index (χ0) is 22.6. The number of amides is 2. The molecule has 9 heteroatoms. The van der Waals surface area contributed by atoms with Crippen LogP contribution in [0.25, 0.3) is 0 Å². The highest BCUT2D eigenvalue weighted by Crippen LogP contribution is 2.28. The number of piperazine rings is 1. The van der Waals surface area contributed by atoms with Gasteiger partial charge in [0.1, 0.15) is 17.4 Å². The molecule has 0 aliphatic carbocycles. The molecule has 0 radical (unpaired) electrons. The molecule has 168 valence electrons. The molecule has 1 atom stereocenters. The molecule has 0 bridgehead atoms. The number of hydrogen-bond donors (Lipinski definition) is 2. The number of nitrogens with zero attached hydrogens (tertiary/aromatic N) is 2. The van der Waals surface area contributed by atoms with E-state index in [-0.39, 0.29) is 23.9 Å². The number of ether oxygens (including phenoxy) is 2. The molecule has 1 aromatic carbocycles. The molecule has 9 nitrogen and oxygen atoms in total. The fourth-order valence-corrected chi connectivity index (χ4v) is 3.79. The first kappa shape index (κ1) is 22.6. The van der Waals surface area contributed by atoms with E-state index in [9.17, 15) is 19.5 Å². The third-order valence-electron chi connectivity index (χ3n) is 5.31. The molecule has 2 N–H and O–H groups in total. The second kappa shape index (κ2) is 9.38. The van der Waals surface area contributed by atoms with Crippen molar-refractivity contribution < 1.29 is 29.0 Å². The predicted octanol–water partition coefficient (Wildman–Crippen LogP) is 0.473. The van der Waals surface area contributed by atoms with Gasteiger partial charge >= 0.3 is 0 Å². The summed E-state index contributed by atoms with van der Waals surface area (Å²) in [4.78, 5) is 41.0. The molecule has 1 fully saturated rings. The number of methoxy groups -OCH3 is 1. The van der Waals surface area contributed by atoms with E-state index in [1.54, 1.807) is 25.9 Å². The number of benzene rings is 1. The van der Waals surface area contributed by atoms with Crippen LogP contribution in [-0.2, 0) is 19.1 Å². The SMILES string of the molecule is COc1ccccc1N1CCN(C(=O)C(CO)NC(=O)C2=CC(=O)CC(C)(C)O2)CC1. The fraction of sp³-hybridized carbons (Fsp3) is 0.500. The van der Waals surface area contributed by atoms with Gasteiger partial charge in [-0.3, -0.25) is 14.4 Å². The van der Waals surface area contributed by atoms with Crippen molar-refractivity contribution in [1.82, 2.24) is 10.2 Å². The first-order chi connectivity index (χ1) is 14.7. The van der Waals surface area contributed by atoms with E-state index in [1.807, 2.05) is 24.3 Å². The number of carbonyl (C=O) groups is 3. The number of aliphatic hydroxyl groups is 1. The molecule has 2 amide bonds. The minimum Gasteiger partial charge on any atom is -0.495 e. The molecule has 1 saturated heterocycles. The van der Waals surface area contributed by atoms with Crippen LogP contribution >= 0.6 is 0 Å². The zero-order valence-corrected chi connectivity index (χ0v) is 18.1. The van der Waals surface area contributed by atoms with Crippen LogP contribution in [0.3, 0.4) is 0 Å². The van der Waals surface area contributed by atoms with Gasteiger partial charge < -0.3 is 29.7 Å². The van der Waals surface area contributed by atoms with Crippen molar-refractivity contribution >= 4 is 23.3 Å². The quantitative estimate of drug-likeness (QED) is 0.674. The van der Waals surface area contributed by atoms with Gasteiger partial charge in [-0.2, -0.15) is 0 Å². The number of hydrogen-bond acceptors (Lipinski definition) is 7. The van der Waals surface area contributed by atoms with E-state index in [0.29, 0.717) is 26.2 Å². The predicted molar refractivity (Wildman–Crippen MR) is 114 cm³/mol. The van der Waals surface area contributed by atoms with Gasteiger partial charge in [0.15, 0.2) is 11.5 Å². The fourth-order valence-electron chi connectivity index (χ4n) is 3.79. The van der Waals surface area contributed by atoms with Gasteiger partial charge in [0.25, 0.3) is 5.91 Å². The number of rotatable bonds is 6. The summed E-state index contributed by atoms with van der Waals surface area (Å²) in [6.45, 7) is 4.93. The van der Waals surface area contributed by atoms with Crippen LogP contribution in [0, 0.1) is 0 Å². The van der Waals surface area contributed by atoms with Gasteiger partial charge in [-0.05, 0) is 26.0 Å². The third kappa shape index (κ3) is 5.35. The molecular formula is C22H29N3O6. The molecule has 1 unspecified atom stereocenters. The van der Waals surface area contributed by atoms with Crippen molar-refractivity contribution in [2.24, 2.45) is 0 Å². The van der Waals surface area contributed by atoms with Gasteiger partial charge in [0, 0.05) is 38.7 Å².